The van der Waals surface area contributed by atoms with E-state index in [1.807, 2.05) is 0 Å². The molecule has 0 amide bonds. The number of hydrogen-bond acceptors (Lipinski definition) is 4. The summed E-state index contributed by atoms with van der Waals surface area (Å²) in [7, 11) is 0. The molecule has 0 radical (unpaired) electrons. The predicted molar refractivity (Wildman–Crippen MR) is 108 cm³/mol. The molecule has 0 bridgehead atoms. The Bertz CT molecular complexity index is 1170. The van der Waals surface area contributed by atoms with Gasteiger partial charge in [-0.1, -0.05) is 17.7 Å². The number of non-ortho nitro benzene ring substituents is 1. The number of ketones is 1. The number of carbonyl (C=O) groups excluding carboxylic acids is 1. The molecule has 0 N–H and O–H groups in total. The minimum atomic E-state index is -4.48. The topological polar surface area (TPSA) is 74.4 Å². The van der Waals surface area contributed by atoms with Crippen molar-refractivity contribution in [3.8, 4) is 11.4 Å². The Morgan fingerprint density at radius 3 is 2.48 bits per heavy atom. The standard InChI is InChI=1S/C21H16ClF3N2O4/c1-12-8-17(13(2)26(12)15-5-3-4-14(9-15)21(23,24)25)19(28)11-31-20-7-6-16(27(29)30)10-18(20)22/h3-10H,11H2,1-2H3. The van der Waals surface area contributed by atoms with Crippen molar-refractivity contribution in [2.24, 2.45) is 0 Å². The first kappa shape index (κ1) is 22.4. The lowest BCUT2D eigenvalue weighted by Crippen LogP contribution is -2.13. The molecule has 2 aromatic carbocycles. The van der Waals surface area contributed by atoms with Crippen molar-refractivity contribution in [1.29, 1.82) is 0 Å². The number of Topliss-reactive ketones (excluding diaryl/α,β-unsaturated/α-hetero) is 1. The third-order valence-corrected chi connectivity index (χ3v) is 4.94. The van der Waals surface area contributed by atoms with Gasteiger partial charge in [-0.3, -0.25) is 14.9 Å². The van der Waals surface area contributed by atoms with Crippen LogP contribution in [0.4, 0.5) is 18.9 Å². The molecule has 0 atom stereocenters. The average molecular weight is 453 g/mol. The van der Waals surface area contributed by atoms with E-state index in [0.717, 1.165) is 18.2 Å². The minimum absolute atomic E-state index is 0.0172. The number of ether oxygens (including phenoxy) is 1. The Morgan fingerprint density at radius 2 is 1.87 bits per heavy atom. The van der Waals surface area contributed by atoms with Gasteiger partial charge in [-0.05, 0) is 44.2 Å². The van der Waals surface area contributed by atoms with Crippen LogP contribution in [0.1, 0.15) is 27.3 Å². The van der Waals surface area contributed by atoms with Crippen molar-refractivity contribution in [1.82, 2.24) is 4.57 Å². The first-order valence-corrected chi connectivity index (χ1v) is 9.33. The van der Waals surface area contributed by atoms with Crippen LogP contribution in [-0.4, -0.2) is 21.9 Å². The zero-order valence-electron chi connectivity index (χ0n) is 16.4. The molecule has 0 saturated heterocycles. The van der Waals surface area contributed by atoms with E-state index in [9.17, 15) is 28.1 Å². The second kappa shape index (κ2) is 8.43. The second-order valence-corrected chi connectivity index (χ2v) is 7.16. The lowest BCUT2D eigenvalue weighted by atomic mass is 10.1. The number of nitro groups is 1. The Morgan fingerprint density at radius 1 is 1.16 bits per heavy atom. The molecule has 10 heteroatoms. The maximum atomic E-state index is 13.1. The SMILES string of the molecule is Cc1cc(C(=O)COc2ccc([N+](=O)[O-])cc2Cl)c(C)n1-c1cccc(C(F)(F)F)c1. The Hall–Kier alpha value is -3.33. The highest BCUT2D eigenvalue weighted by Crippen LogP contribution is 2.32. The smallest absolute Gasteiger partial charge is 0.416 e. The van der Waals surface area contributed by atoms with Gasteiger partial charge in [-0.25, -0.2) is 0 Å². The molecule has 3 rings (SSSR count). The van der Waals surface area contributed by atoms with Gasteiger partial charge in [-0.2, -0.15) is 13.2 Å². The summed E-state index contributed by atoms with van der Waals surface area (Å²) < 4.78 is 46.1. The first-order chi connectivity index (χ1) is 14.5. The maximum absolute atomic E-state index is 13.1. The molecule has 0 spiro atoms. The van der Waals surface area contributed by atoms with Crippen LogP contribution in [0, 0.1) is 24.0 Å². The highest BCUT2D eigenvalue weighted by atomic mass is 35.5. The zero-order chi connectivity index (χ0) is 22.9. The first-order valence-electron chi connectivity index (χ1n) is 8.95. The van der Waals surface area contributed by atoms with E-state index in [2.05, 4.69) is 0 Å². The number of benzene rings is 2. The van der Waals surface area contributed by atoms with Crippen LogP contribution in [0.3, 0.4) is 0 Å². The van der Waals surface area contributed by atoms with Crippen molar-refractivity contribution >= 4 is 23.1 Å². The van der Waals surface area contributed by atoms with Gasteiger partial charge in [0.25, 0.3) is 5.69 Å². The zero-order valence-corrected chi connectivity index (χ0v) is 17.1. The number of aromatic nitrogens is 1. The molecule has 0 aliphatic rings. The van der Waals surface area contributed by atoms with Gasteiger partial charge in [0.15, 0.2) is 6.61 Å². The summed E-state index contributed by atoms with van der Waals surface area (Å²) in [4.78, 5) is 22.8. The van der Waals surface area contributed by atoms with E-state index in [1.165, 1.54) is 24.3 Å². The molecular weight excluding hydrogens is 437 g/mol. The summed E-state index contributed by atoms with van der Waals surface area (Å²) in [5, 5.41) is 10.8. The summed E-state index contributed by atoms with van der Waals surface area (Å²) in [5.74, 6) is -0.312. The van der Waals surface area contributed by atoms with Gasteiger partial charge in [0, 0.05) is 34.8 Å². The van der Waals surface area contributed by atoms with Crippen molar-refractivity contribution in [3.05, 3.63) is 86.2 Å². The van der Waals surface area contributed by atoms with Crippen LogP contribution in [0.15, 0.2) is 48.5 Å². The van der Waals surface area contributed by atoms with Crippen LogP contribution in [0.5, 0.6) is 5.75 Å². The van der Waals surface area contributed by atoms with Crippen LogP contribution in [0.25, 0.3) is 5.69 Å². The van der Waals surface area contributed by atoms with Crippen molar-refractivity contribution in [2.45, 2.75) is 20.0 Å². The number of hydrogen-bond donors (Lipinski definition) is 0. The predicted octanol–water partition coefficient (Wildman–Crippen LogP) is 5.94. The van der Waals surface area contributed by atoms with Gasteiger partial charge >= 0.3 is 6.18 Å². The highest BCUT2D eigenvalue weighted by molar-refractivity contribution is 6.32. The molecule has 0 unspecified atom stereocenters. The van der Waals surface area contributed by atoms with Gasteiger partial charge in [0.1, 0.15) is 5.75 Å². The van der Waals surface area contributed by atoms with Gasteiger partial charge < -0.3 is 9.30 Å². The number of aryl methyl sites for hydroxylation is 1. The van der Waals surface area contributed by atoms with Crippen LogP contribution in [-0.2, 0) is 6.18 Å². The quantitative estimate of drug-likeness (QED) is 0.264. The highest BCUT2D eigenvalue weighted by Gasteiger charge is 2.31. The third kappa shape index (κ3) is 4.72. The number of nitrogens with zero attached hydrogens (tertiary/aromatic N) is 2. The second-order valence-electron chi connectivity index (χ2n) is 6.75. The Balaban J connectivity index is 1.84. The number of carbonyl (C=O) groups is 1. The molecule has 6 nitrogen and oxygen atoms in total. The molecule has 31 heavy (non-hydrogen) atoms. The Kier molecular flexibility index (Phi) is 6.08. The van der Waals surface area contributed by atoms with E-state index in [0.29, 0.717) is 11.4 Å². The molecule has 1 aromatic heterocycles. The molecule has 3 aromatic rings. The van der Waals surface area contributed by atoms with E-state index in [1.54, 1.807) is 24.5 Å². The number of alkyl halides is 3. The third-order valence-electron chi connectivity index (χ3n) is 4.65. The summed E-state index contributed by atoms with van der Waals surface area (Å²) in [6, 6.07) is 9.99. The number of nitro benzene ring substituents is 1. The van der Waals surface area contributed by atoms with Crippen molar-refractivity contribution in [2.75, 3.05) is 6.61 Å². The molecule has 0 aliphatic carbocycles. The van der Waals surface area contributed by atoms with E-state index in [-0.39, 0.29) is 27.7 Å². The van der Waals surface area contributed by atoms with Crippen LogP contribution in [0.2, 0.25) is 5.02 Å². The van der Waals surface area contributed by atoms with Gasteiger partial charge in [0.05, 0.1) is 15.5 Å². The van der Waals surface area contributed by atoms with E-state index in [4.69, 9.17) is 16.3 Å². The van der Waals surface area contributed by atoms with Gasteiger partial charge in [0.2, 0.25) is 5.78 Å². The fraction of sp³-hybridized carbons (Fsp3) is 0.190. The largest absolute Gasteiger partial charge is 0.484 e. The number of rotatable bonds is 6. The number of halogens is 4. The molecular formula is C21H16ClF3N2O4. The lowest BCUT2D eigenvalue weighted by Gasteiger charge is -2.13. The van der Waals surface area contributed by atoms with Crippen molar-refractivity contribution in [3.63, 3.8) is 0 Å². The summed E-state index contributed by atoms with van der Waals surface area (Å²) >= 11 is 5.96. The molecule has 162 valence electrons. The van der Waals surface area contributed by atoms with Crippen molar-refractivity contribution < 1.29 is 27.6 Å². The average Bonchev–Trinajstić information content (AvgIpc) is 3.00. The molecule has 1 heterocycles. The maximum Gasteiger partial charge on any atom is 0.416 e. The fourth-order valence-electron chi connectivity index (χ4n) is 3.21. The summed E-state index contributed by atoms with van der Waals surface area (Å²) in [5.41, 5.74) is 0.597. The normalized spacial score (nSPS) is 11.4. The molecule has 0 aliphatic heterocycles. The molecule has 0 saturated carbocycles. The van der Waals surface area contributed by atoms with Crippen LogP contribution < -0.4 is 4.74 Å². The van der Waals surface area contributed by atoms with Crippen LogP contribution >= 0.6 is 11.6 Å². The summed E-state index contributed by atoms with van der Waals surface area (Å²) in [6.45, 7) is 2.90. The molecule has 0 fully saturated rings. The fourth-order valence-corrected chi connectivity index (χ4v) is 3.43. The van der Waals surface area contributed by atoms with E-state index >= 15 is 0 Å². The summed E-state index contributed by atoms with van der Waals surface area (Å²) in [6.07, 6.45) is -4.48. The lowest BCUT2D eigenvalue weighted by molar-refractivity contribution is -0.384. The van der Waals surface area contributed by atoms with Gasteiger partial charge in [-0.15, -0.1) is 0 Å². The monoisotopic (exact) mass is 452 g/mol. The Labute approximate surface area is 180 Å². The van der Waals surface area contributed by atoms with E-state index < -0.39 is 29.1 Å². The minimum Gasteiger partial charge on any atom is -0.484 e.